The van der Waals surface area contributed by atoms with Crippen LogP contribution in [-0.2, 0) is 9.59 Å². The first kappa shape index (κ1) is 18.7. The van der Waals surface area contributed by atoms with Crippen LogP contribution in [0.15, 0.2) is 36.7 Å². The SMILES string of the molecule is O=C([C@@H]1CC(=O)N(c2ccc(F)cc2)C1)N1CCC[C@@H](c2[nH]nc3nccnc23)C1. The topological polar surface area (TPSA) is 95.1 Å². The number of carbonyl (C=O) groups is 2. The van der Waals surface area contributed by atoms with Gasteiger partial charge in [0, 0.05) is 50.1 Å². The van der Waals surface area contributed by atoms with E-state index in [1.807, 2.05) is 4.90 Å². The zero-order chi connectivity index (χ0) is 20.7. The van der Waals surface area contributed by atoms with Crippen molar-refractivity contribution >= 4 is 28.7 Å². The molecular formula is C21H21FN6O2. The van der Waals surface area contributed by atoms with Crippen molar-refractivity contribution in [1.82, 2.24) is 25.1 Å². The van der Waals surface area contributed by atoms with E-state index in [0.29, 0.717) is 31.0 Å². The van der Waals surface area contributed by atoms with E-state index in [2.05, 4.69) is 20.2 Å². The number of nitrogens with zero attached hydrogens (tertiary/aromatic N) is 5. The van der Waals surface area contributed by atoms with Gasteiger partial charge in [-0.25, -0.2) is 14.4 Å². The zero-order valence-corrected chi connectivity index (χ0v) is 16.3. The molecule has 5 rings (SSSR count). The molecule has 1 aromatic carbocycles. The number of H-pyrrole nitrogens is 1. The molecule has 8 nitrogen and oxygen atoms in total. The van der Waals surface area contributed by atoms with Crippen LogP contribution >= 0.6 is 0 Å². The van der Waals surface area contributed by atoms with Gasteiger partial charge in [-0.05, 0) is 37.1 Å². The predicted molar refractivity (Wildman–Crippen MR) is 107 cm³/mol. The number of benzene rings is 1. The number of rotatable bonds is 3. The minimum Gasteiger partial charge on any atom is -0.342 e. The third-order valence-corrected chi connectivity index (χ3v) is 5.97. The van der Waals surface area contributed by atoms with Crippen molar-refractivity contribution in [1.29, 1.82) is 0 Å². The van der Waals surface area contributed by atoms with E-state index in [4.69, 9.17) is 0 Å². The third-order valence-electron chi connectivity index (χ3n) is 5.97. The van der Waals surface area contributed by atoms with Gasteiger partial charge in [-0.15, -0.1) is 0 Å². The van der Waals surface area contributed by atoms with Crippen LogP contribution in [0.4, 0.5) is 10.1 Å². The maximum absolute atomic E-state index is 13.2. The number of likely N-dealkylation sites (tertiary alicyclic amines) is 1. The molecule has 0 saturated carbocycles. The fourth-order valence-corrected chi connectivity index (χ4v) is 4.47. The molecule has 2 atom stereocenters. The Morgan fingerprint density at radius 2 is 1.93 bits per heavy atom. The standard InChI is InChI=1S/C21H21FN6O2/c22-15-3-5-16(6-4-15)28-12-14(10-17(28)29)21(30)27-9-1-2-13(11-27)18-19-20(26-25-18)24-8-7-23-19/h3-8,13-14H,1-2,9-12H2,(H,24,25,26)/t13-,14-/m1/s1. The Hall–Kier alpha value is -3.36. The van der Waals surface area contributed by atoms with Crippen LogP contribution in [0.1, 0.15) is 30.9 Å². The van der Waals surface area contributed by atoms with E-state index in [9.17, 15) is 14.0 Å². The number of fused-ring (bicyclic) bond motifs is 1. The highest BCUT2D eigenvalue weighted by atomic mass is 19.1. The molecule has 2 fully saturated rings. The summed E-state index contributed by atoms with van der Waals surface area (Å²) < 4.78 is 13.2. The molecule has 3 aromatic rings. The van der Waals surface area contributed by atoms with Gasteiger partial charge in [0.1, 0.15) is 11.3 Å². The fraction of sp³-hybridized carbons (Fsp3) is 0.381. The molecule has 154 valence electrons. The molecule has 0 aliphatic carbocycles. The van der Waals surface area contributed by atoms with Gasteiger partial charge in [0.25, 0.3) is 0 Å². The highest BCUT2D eigenvalue weighted by Crippen LogP contribution is 2.32. The number of hydrogen-bond donors (Lipinski definition) is 1. The monoisotopic (exact) mass is 408 g/mol. The summed E-state index contributed by atoms with van der Waals surface area (Å²) in [4.78, 5) is 37.7. The van der Waals surface area contributed by atoms with E-state index in [0.717, 1.165) is 24.1 Å². The lowest BCUT2D eigenvalue weighted by atomic mass is 9.93. The molecule has 0 unspecified atom stereocenters. The number of amides is 2. The first-order chi connectivity index (χ1) is 14.6. The number of piperidine rings is 1. The largest absolute Gasteiger partial charge is 0.342 e. The minimum absolute atomic E-state index is 0.00688. The van der Waals surface area contributed by atoms with Crippen LogP contribution in [0.3, 0.4) is 0 Å². The van der Waals surface area contributed by atoms with E-state index >= 15 is 0 Å². The summed E-state index contributed by atoms with van der Waals surface area (Å²) in [5, 5.41) is 7.27. The van der Waals surface area contributed by atoms with Crippen LogP contribution in [-0.4, -0.2) is 56.5 Å². The Morgan fingerprint density at radius 3 is 2.77 bits per heavy atom. The van der Waals surface area contributed by atoms with Crippen molar-refractivity contribution in [3.05, 3.63) is 48.2 Å². The highest BCUT2D eigenvalue weighted by molar-refractivity contribution is 6.00. The van der Waals surface area contributed by atoms with Gasteiger partial charge in [-0.3, -0.25) is 14.7 Å². The predicted octanol–water partition coefficient (Wildman–Crippen LogP) is 2.25. The number of halogens is 1. The minimum atomic E-state index is -0.389. The average molecular weight is 408 g/mol. The van der Waals surface area contributed by atoms with E-state index < -0.39 is 0 Å². The smallest absolute Gasteiger partial charge is 0.228 e. The molecule has 2 aromatic heterocycles. The van der Waals surface area contributed by atoms with Crippen molar-refractivity contribution in [3.8, 4) is 0 Å². The molecule has 1 N–H and O–H groups in total. The summed E-state index contributed by atoms with van der Waals surface area (Å²) in [6, 6.07) is 5.79. The molecule has 30 heavy (non-hydrogen) atoms. The molecule has 2 aliphatic rings. The van der Waals surface area contributed by atoms with Crippen molar-refractivity contribution in [3.63, 3.8) is 0 Å². The summed E-state index contributed by atoms with van der Waals surface area (Å²) in [5.74, 6) is -0.751. The lowest BCUT2D eigenvalue weighted by molar-refractivity contribution is -0.137. The van der Waals surface area contributed by atoms with Gasteiger partial charge in [-0.2, -0.15) is 5.10 Å². The van der Waals surface area contributed by atoms with Crippen molar-refractivity contribution in [2.75, 3.05) is 24.5 Å². The van der Waals surface area contributed by atoms with E-state index in [-0.39, 0.29) is 35.9 Å². The molecule has 0 bridgehead atoms. The Morgan fingerprint density at radius 1 is 1.13 bits per heavy atom. The lowest BCUT2D eigenvalue weighted by Crippen LogP contribution is -2.43. The Bertz CT molecular complexity index is 1100. The van der Waals surface area contributed by atoms with Gasteiger partial charge in [0.2, 0.25) is 11.8 Å². The molecule has 0 spiro atoms. The molecule has 2 aliphatic heterocycles. The van der Waals surface area contributed by atoms with Gasteiger partial charge < -0.3 is 9.80 Å². The van der Waals surface area contributed by atoms with E-state index in [1.165, 1.54) is 12.1 Å². The molecule has 9 heteroatoms. The summed E-state index contributed by atoms with van der Waals surface area (Å²) in [5.41, 5.74) is 2.85. The second kappa shape index (κ2) is 7.47. The van der Waals surface area contributed by atoms with E-state index in [1.54, 1.807) is 29.4 Å². The Kier molecular flexibility index (Phi) is 4.65. The van der Waals surface area contributed by atoms with Crippen LogP contribution in [0, 0.1) is 11.7 Å². The lowest BCUT2D eigenvalue weighted by Gasteiger charge is -2.33. The number of nitrogens with one attached hydrogen (secondary N) is 1. The van der Waals surface area contributed by atoms with Gasteiger partial charge in [-0.1, -0.05) is 0 Å². The quantitative estimate of drug-likeness (QED) is 0.717. The fourth-order valence-electron chi connectivity index (χ4n) is 4.47. The molecular weight excluding hydrogens is 387 g/mol. The third kappa shape index (κ3) is 3.30. The maximum atomic E-state index is 13.2. The number of carbonyl (C=O) groups excluding carboxylic acids is 2. The summed E-state index contributed by atoms with van der Waals surface area (Å²) >= 11 is 0. The second-order valence-corrected chi connectivity index (χ2v) is 7.87. The van der Waals surface area contributed by atoms with Crippen molar-refractivity contribution < 1.29 is 14.0 Å². The first-order valence-corrected chi connectivity index (χ1v) is 10.1. The number of aromatic amines is 1. The Balaban J connectivity index is 1.30. The van der Waals surface area contributed by atoms with Gasteiger partial charge in [0.15, 0.2) is 5.65 Å². The van der Waals surface area contributed by atoms with Crippen molar-refractivity contribution in [2.45, 2.75) is 25.2 Å². The summed E-state index contributed by atoms with van der Waals surface area (Å²) in [6.07, 6.45) is 5.23. The maximum Gasteiger partial charge on any atom is 0.228 e. The number of anilines is 1. The van der Waals surface area contributed by atoms with Crippen molar-refractivity contribution in [2.24, 2.45) is 5.92 Å². The second-order valence-electron chi connectivity index (χ2n) is 7.87. The number of aromatic nitrogens is 4. The van der Waals surface area contributed by atoms with Gasteiger partial charge in [0.05, 0.1) is 11.6 Å². The zero-order valence-electron chi connectivity index (χ0n) is 16.3. The first-order valence-electron chi connectivity index (χ1n) is 10.1. The normalized spacial score (nSPS) is 22.1. The van der Waals surface area contributed by atoms with Crippen LogP contribution in [0.2, 0.25) is 0 Å². The molecule has 4 heterocycles. The molecule has 0 radical (unpaired) electrons. The summed E-state index contributed by atoms with van der Waals surface area (Å²) in [7, 11) is 0. The van der Waals surface area contributed by atoms with Crippen LogP contribution in [0.5, 0.6) is 0 Å². The average Bonchev–Trinajstić information content (AvgIpc) is 3.38. The summed E-state index contributed by atoms with van der Waals surface area (Å²) in [6.45, 7) is 1.56. The van der Waals surface area contributed by atoms with Crippen LogP contribution in [0.25, 0.3) is 11.2 Å². The highest BCUT2D eigenvalue weighted by Gasteiger charge is 2.39. The van der Waals surface area contributed by atoms with Gasteiger partial charge >= 0.3 is 0 Å². The van der Waals surface area contributed by atoms with Crippen LogP contribution < -0.4 is 4.90 Å². The molecule has 2 amide bonds. The number of hydrogen-bond acceptors (Lipinski definition) is 5. The Labute approximate surface area is 172 Å². The molecule has 2 saturated heterocycles.